The van der Waals surface area contributed by atoms with Gasteiger partial charge in [0.15, 0.2) is 0 Å². The SMILES string of the molecule is O=C(O)CC1CC(CNC(=O)[C@@H]2CC[C@H](NC(=O)OCC3c4ccccc4-c4ccccc43)C2)C1. The molecule has 0 bridgehead atoms. The molecule has 7 nitrogen and oxygen atoms in total. The molecule has 2 saturated carbocycles. The summed E-state index contributed by atoms with van der Waals surface area (Å²) in [6.07, 6.45) is 3.63. The number of nitrogens with one attached hydrogen (secondary N) is 2. The number of carboxylic acid groups (broad SMARTS) is 1. The van der Waals surface area contributed by atoms with Crippen molar-refractivity contribution in [3.05, 3.63) is 59.7 Å². The normalized spacial score (nSPS) is 24.7. The predicted octanol–water partition coefficient (Wildman–Crippen LogP) is 4.31. The van der Waals surface area contributed by atoms with E-state index in [1.165, 1.54) is 22.3 Å². The number of carbonyl (C=O) groups excluding carboxylic acids is 2. The van der Waals surface area contributed by atoms with Crippen LogP contribution < -0.4 is 10.6 Å². The molecule has 0 unspecified atom stereocenters. The van der Waals surface area contributed by atoms with E-state index in [0.717, 1.165) is 25.7 Å². The first-order valence-electron chi connectivity index (χ1n) is 12.6. The minimum atomic E-state index is -0.751. The van der Waals surface area contributed by atoms with E-state index in [1.54, 1.807) is 0 Å². The molecule has 0 spiro atoms. The van der Waals surface area contributed by atoms with E-state index in [9.17, 15) is 14.4 Å². The summed E-state index contributed by atoms with van der Waals surface area (Å²) in [5.74, 6) is -0.186. The highest BCUT2D eigenvalue weighted by Crippen LogP contribution is 2.44. The van der Waals surface area contributed by atoms with Crippen LogP contribution in [0.3, 0.4) is 0 Å². The summed E-state index contributed by atoms with van der Waals surface area (Å²) in [6, 6.07) is 16.4. The number of rotatable bonds is 8. The fourth-order valence-electron chi connectivity index (χ4n) is 6.00. The molecule has 7 heteroatoms. The molecule has 2 aromatic rings. The standard InChI is InChI=1S/C28H32N2O5/c31-26(32)13-17-11-18(12-17)15-29-27(33)19-9-10-20(14-19)30-28(34)35-16-25-23-7-3-1-5-21(23)22-6-2-4-8-24(22)25/h1-8,17-20,25H,9-16H2,(H,29,33)(H,30,34)(H,31,32)/t17?,18?,19-,20+/m1/s1. The second-order valence-electron chi connectivity index (χ2n) is 10.2. The zero-order chi connectivity index (χ0) is 24.4. The molecule has 5 rings (SSSR count). The van der Waals surface area contributed by atoms with E-state index in [0.29, 0.717) is 18.9 Å². The van der Waals surface area contributed by atoms with Crippen LogP contribution in [0.2, 0.25) is 0 Å². The quantitative estimate of drug-likeness (QED) is 0.527. The summed E-state index contributed by atoms with van der Waals surface area (Å²) in [7, 11) is 0. The Bertz CT molecular complexity index is 1060. The van der Waals surface area contributed by atoms with Gasteiger partial charge in [0.05, 0.1) is 0 Å². The van der Waals surface area contributed by atoms with E-state index in [4.69, 9.17) is 9.84 Å². The average molecular weight is 477 g/mol. The van der Waals surface area contributed by atoms with Crippen molar-refractivity contribution in [2.45, 2.75) is 50.5 Å². The number of alkyl carbamates (subject to hydrolysis) is 1. The minimum Gasteiger partial charge on any atom is -0.481 e. The Balaban J connectivity index is 1.05. The number of benzene rings is 2. The monoisotopic (exact) mass is 476 g/mol. The van der Waals surface area contributed by atoms with Crippen LogP contribution in [0.25, 0.3) is 11.1 Å². The van der Waals surface area contributed by atoms with E-state index in [-0.39, 0.29) is 42.7 Å². The highest BCUT2D eigenvalue weighted by atomic mass is 16.5. The Labute approximate surface area is 205 Å². The zero-order valence-electron chi connectivity index (χ0n) is 19.7. The molecule has 2 fully saturated rings. The molecule has 3 aliphatic carbocycles. The van der Waals surface area contributed by atoms with E-state index in [2.05, 4.69) is 34.9 Å². The highest BCUT2D eigenvalue weighted by Gasteiger charge is 2.34. The largest absolute Gasteiger partial charge is 0.481 e. The summed E-state index contributed by atoms with van der Waals surface area (Å²) in [5.41, 5.74) is 4.75. The minimum absolute atomic E-state index is 0.0249. The second kappa shape index (κ2) is 10.1. The number of hydrogen-bond donors (Lipinski definition) is 3. The van der Waals surface area contributed by atoms with Crippen LogP contribution in [0.15, 0.2) is 48.5 Å². The number of ether oxygens (including phenoxy) is 1. The van der Waals surface area contributed by atoms with Gasteiger partial charge in [-0.05, 0) is 66.2 Å². The number of carbonyl (C=O) groups is 3. The van der Waals surface area contributed by atoms with Crippen LogP contribution in [0.4, 0.5) is 4.79 Å². The fourth-order valence-corrected chi connectivity index (χ4v) is 6.00. The van der Waals surface area contributed by atoms with Crippen molar-refractivity contribution in [3.63, 3.8) is 0 Å². The number of fused-ring (bicyclic) bond motifs is 3. The Morgan fingerprint density at radius 1 is 0.886 bits per heavy atom. The van der Waals surface area contributed by atoms with Gasteiger partial charge in [-0.3, -0.25) is 9.59 Å². The molecule has 0 saturated heterocycles. The molecule has 184 valence electrons. The molecule has 0 heterocycles. The zero-order valence-corrected chi connectivity index (χ0v) is 19.7. The van der Waals surface area contributed by atoms with Crippen LogP contribution in [0.5, 0.6) is 0 Å². The van der Waals surface area contributed by atoms with Gasteiger partial charge in [-0.1, -0.05) is 48.5 Å². The van der Waals surface area contributed by atoms with Crippen molar-refractivity contribution in [2.24, 2.45) is 17.8 Å². The summed E-state index contributed by atoms with van der Waals surface area (Å²) in [4.78, 5) is 35.9. The lowest BCUT2D eigenvalue weighted by molar-refractivity contribution is -0.139. The topological polar surface area (TPSA) is 105 Å². The van der Waals surface area contributed by atoms with Gasteiger partial charge in [0.1, 0.15) is 6.61 Å². The summed E-state index contributed by atoms with van der Waals surface area (Å²) >= 11 is 0. The van der Waals surface area contributed by atoms with Gasteiger partial charge < -0.3 is 20.5 Å². The average Bonchev–Trinajstić information content (AvgIpc) is 3.41. The number of hydrogen-bond acceptors (Lipinski definition) is 4. The molecule has 2 atom stereocenters. The van der Waals surface area contributed by atoms with E-state index < -0.39 is 12.1 Å². The third kappa shape index (κ3) is 5.19. The van der Waals surface area contributed by atoms with Crippen molar-refractivity contribution in [2.75, 3.05) is 13.2 Å². The van der Waals surface area contributed by atoms with Crippen LogP contribution in [0, 0.1) is 17.8 Å². The number of carboxylic acids is 1. The lowest BCUT2D eigenvalue weighted by atomic mass is 9.73. The summed E-state index contributed by atoms with van der Waals surface area (Å²) < 4.78 is 5.64. The summed E-state index contributed by atoms with van der Waals surface area (Å²) in [5, 5.41) is 14.8. The third-order valence-corrected chi connectivity index (χ3v) is 7.83. The molecular formula is C28H32N2O5. The van der Waals surface area contributed by atoms with Gasteiger partial charge in [-0.2, -0.15) is 0 Å². The van der Waals surface area contributed by atoms with Crippen molar-refractivity contribution >= 4 is 18.0 Å². The van der Waals surface area contributed by atoms with Crippen LogP contribution in [-0.4, -0.2) is 42.3 Å². The van der Waals surface area contributed by atoms with Crippen molar-refractivity contribution in [1.82, 2.24) is 10.6 Å². The van der Waals surface area contributed by atoms with Gasteiger partial charge in [-0.15, -0.1) is 0 Å². The van der Waals surface area contributed by atoms with E-state index >= 15 is 0 Å². The Morgan fingerprint density at radius 2 is 1.54 bits per heavy atom. The molecule has 3 N–H and O–H groups in total. The first-order valence-corrected chi connectivity index (χ1v) is 12.6. The molecule has 35 heavy (non-hydrogen) atoms. The summed E-state index contributed by atoms with van der Waals surface area (Å²) in [6.45, 7) is 0.886. The maximum Gasteiger partial charge on any atom is 0.407 e. The van der Waals surface area contributed by atoms with Crippen LogP contribution in [0.1, 0.15) is 55.6 Å². The van der Waals surface area contributed by atoms with Crippen molar-refractivity contribution < 1.29 is 24.2 Å². The Hall–Kier alpha value is -3.35. The lowest BCUT2D eigenvalue weighted by Gasteiger charge is -2.34. The molecule has 0 aliphatic heterocycles. The van der Waals surface area contributed by atoms with Crippen molar-refractivity contribution in [3.8, 4) is 11.1 Å². The molecule has 0 aromatic heterocycles. The molecule has 2 amide bonds. The van der Waals surface area contributed by atoms with E-state index in [1.807, 2.05) is 24.3 Å². The third-order valence-electron chi connectivity index (χ3n) is 7.83. The predicted molar refractivity (Wildman–Crippen MR) is 131 cm³/mol. The first-order chi connectivity index (χ1) is 17.0. The van der Waals surface area contributed by atoms with Gasteiger partial charge >= 0.3 is 12.1 Å². The maximum absolute atomic E-state index is 12.6. The Morgan fingerprint density at radius 3 is 2.20 bits per heavy atom. The second-order valence-corrected chi connectivity index (χ2v) is 10.2. The van der Waals surface area contributed by atoms with Gasteiger partial charge in [0.25, 0.3) is 0 Å². The van der Waals surface area contributed by atoms with Crippen LogP contribution in [-0.2, 0) is 14.3 Å². The maximum atomic E-state index is 12.6. The fraction of sp³-hybridized carbons (Fsp3) is 0.464. The van der Waals surface area contributed by atoms with Gasteiger partial charge in [0.2, 0.25) is 5.91 Å². The molecule has 2 aromatic carbocycles. The number of amides is 2. The Kier molecular flexibility index (Phi) is 6.75. The lowest BCUT2D eigenvalue weighted by Crippen LogP contribution is -2.39. The number of aliphatic carboxylic acids is 1. The van der Waals surface area contributed by atoms with Crippen molar-refractivity contribution in [1.29, 1.82) is 0 Å². The smallest absolute Gasteiger partial charge is 0.407 e. The first kappa shape index (κ1) is 23.4. The van der Waals surface area contributed by atoms with Gasteiger partial charge in [-0.25, -0.2) is 4.79 Å². The molecular weight excluding hydrogens is 444 g/mol. The molecule has 3 aliphatic rings. The highest BCUT2D eigenvalue weighted by molar-refractivity contribution is 5.80. The molecule has 0 radical (unpaired) electrons. The van der Waals surface area contributed by atoms with Crippen LogP contribution >= 0.6 is 0 Å². The van der Waals surface area contributed by atoms with Gasteiger partial charge in [0, 0.05) is 30.8 Å².